The number of benzene rings is 1. The normalized spacial score (nSPS) is 10.9. The Labute approximate surface area is 172 Å². The van der Waals surface area contributed by atoms with Crippen molar-refractivity contribution in [3.63, 3.8) is 0 Å². The van der Waals surface area contributed by atoms with Gasteiger partial charge in [0.05, 0.1) is 24.9 Å². The van der Waals surface area contributed by atoms with Gasteiger partial charge in [0.1, 0.15) is 5.75 Å². The highest BCUT2D eigenvalue weighted by molar-refractivity contribution is 6.02. The summed E-state index contributed by atoms with van der Waals surface area (Å²) in [5.41, 5.74) is 12.4. The van der Waals surface area contributed by atoms with Crippen molar-refractivity contribution in [2.75, 3.05) is 7.11 Å². The second-order valence-electron chi connectivity index (χ2n) is 7.34. The Balaban J connectivity index is 2.23. The van der Waals surface area contributed by atoms with Gasteiger partial charge in [-0.25, -0.2) is 0 Å². The summed E-state index contributed by atoms with van der Waals surface area (Å²) in [6.07, 6.45) is 4.77. The molecule has 0 fully saturated rings. The van der Waals surface area contributed by atoms with Crippen LogP contribution in [0.3, 0.4) is 0 Å². The highest BCUT2D eigenvalue weighted by atomic mass is 16.5. The number of methoxy groups -OCH3 is 1. The zero-order valence-electron chi connectivity index (χ0n) is 17.7. The summed E-state index contributed by atoms with van der Waals surface area (Å²) in [4.78, 5) is 17.0. The second-order valence-corrected chi connectivity index (χ2v) is 7.34. The molecule has 3 aromatic rings. The Kier molecular flexibility index (Phi) is 6.37. The second kappa shape index (κ2) is 8.95. The standard InChI is InChI=1S/C24H29N3O2/c1-5-6-10-20-23(18-11-12-21(29-4)16(2)14-18)22(24(25)28)17(3)27(20)15-19-9-7-8-13-26-19/h7-9,11-14H,5-6,10,15H2,1-4H3,(H2,25,28). The first kappa shape index (κ1) is 20.6. The molecule has 2 heterocycles. The van der Waals surface area contributed by atoms with E-state index in [0.717, 1.165) is 58.8 Å². The lowest BCUT2D eigenvalue weighted by Gasteiger charge is -2.14. The van der Waals surface area contributed by atoms with Crippen LogP contribution in [-0.4, -0.2) is 22.6 Å². The van der Waals surface area contributed by atoms with Crippen LogP contribution >= 0.6 is 0 Å². The summed E-state index contributed by atoms with van der Waals surface area (Å²) in [5, 5.41) is 0. The minimum Gasteiger partial charge on any atom is -0.496 e. The summed E-state index contributed by atoms with van der Waals surface area (Å²) in [7, 11) is 1.66. The number of primary amides is 1. The first-order chi connectivity index (χ1) is 14.0. The van der Waals surface area contributed by atoms with E-state index in [-0.39, 0.29) is 0 Å². The van der Waals surface area contributed by atoms with Crippen LogP contribution in [0.15, 0.2) is 42.6 Å². The summed E-state index contributed by atoms with van der Waals surface area (Å²) in [6, 6.07) is 11.9. The molecule has 0 aliphatic heterocycles. The van der Waals surface area contributed by atoms with Crippen LogP contribution in [0.4, 0.5) is 0 Å². The molecule has 2 aromatic heterocycles. The lowest BCUT2D eigenvalue weighted by Crippen LogP contribution is -2.14. The van der Waals surface area contributed by atoms with E-state index in [1.54, 1.807) is 13.3 Å². The number of carbonyl (C=O) groups is 1. The third-order valence-corrected chi connectivity index (χ3v) is 5.37. The van der Waals surface area contributed by atoms with Crippen molar-refractivity contribution < 1.29 is 9.53 Å². The van der Waals surface area contributed by atoms with Gasteiger partial charge in [-0.05, 0) is 62.1 Å². The molecule has 0 atom stereocenters. The number of hydrogen-bond donors (Lipinski definition) is 1. The molecule has 1 amide bonds. The molecule has 2 N–H and O–H groups in total. The number of aromatic nitrogens is 2. The van der Waals surface area contributed by atoms with Crippen molar-refractivity contribution in [1.82, 2.24) is 9.55 Å². The largest absolute Gasteiger partial charge is 0.496 e. The monoisotopic (exact) mass is 391 g/mol. The van der Waals surface area contributed by atoms with E-state index in [9.17, 15) is 4.79 Å². The van der Waals surface area contributed by atoms with Gasteiger partial charge in [0, 0.05) is 23.1 Å². The highest BCUT2D eigenvalue weighted by Crippen LogP contribution is 2.36. The molecule has 0 saturated heterocycles. The van der Waals surface area contributed by atoms with Crippen molar-refractivity contribution >= 4 is 5.91 Å². The summed E-state index contributed by atoms with van der Waals surface area (Å²) < 4.78 is 7.61. The van der Waals surface area contributed by atoms with Gasteiger partial charge in [0.2, 0.25) is 0 Å². The quantitative estimate of drug-likeness (QED) is 0.607. The van der Waals surface area contributed by atoms with Gasteiger partial charge in [-0.1, -0.05) is 25.5 Å². The van der Waals surface area contributed by atoms with Crippen molar-refractivity contribution in [2.45, 2.75) is 46.6 Å². The number of unbranched alkanes of at least 4 members (excludes halogenated alkanes) is 1. The molecule has 5 heteroatoms. The minimum absolute atomic E-state index is 0.400. The van der Waals surface area contributed by atoms with E-state index < -0.39 is 5.91 Å². The Morgan fingerprint density at radius 1 is 1.21 bits per heavy atom. The van der Waals surface area contributed by atoms with Gasteiger partial charge in [-0.3, -0.25) is 9.78 Å². The molecule has 0 unspecified atom stereocenters. The number of amides is 1. The number of aryl methyl sites for hydroxylation is 1. The van der Waals surface area contributed by atoms with Crippen LogP contribution in [0, 0.1) is 13.8 Å². The molecule has 0 spiro atoms. The molecule has 0 radical (unpaired) electrons. The average molecular weight is 392 g/mol. The molecule has 5 nitrogen and oxygen atoms in total. The zero-order valence-corrected chi connectivity index (χ0v) is 17.7. The fraction of sp³-hybridized carbons (Fsp3) is 0.333. The highest BCUT2D eigenvalue weighted by Gasteiger charge is 2.25. The number of pyridine rings is 1. The minimum atomic E-state index is -0.400. The van der Waals surface area contributed by atoms with Crippen molar-refractivity contribution in [2.24, 2.45) is 5.73 Å². The number of nitrogens with two attached hydrogens (primary N) is 1. The summed E-state index contributed by atoms with van der Waals surface area (Å²) in [6.45, 7) is 6.76. The predicted molar refractivity (Wildman–Crippen MR) is 116 cm³/mol. The number of hydrogen-bond acceptors (Lipinski definition) is 3. The molecular weight excluding hydrogens is 362 g/mol. The lowest BCUT2D eigenvalue weighted by atomic mass is 9.96. The smallest absolute Gasteiger partial charge is 0.251 e. The van der Waals surface area contributed by atoms with Gasteiger partial charge >= 0.3 is 0 Å². The van der Waals surface area contributed by atoms with Crippen LogP contribution < -0.4 is 10.5 Å². The van der Waals surface area contributed by atoms with Crippen molar-refractivity contribution in [1.29, 1.82) is 0 Å². The molecule has 152 valence electrons. The fourth-order valence-corrected chi connectivity index (χ4v) is 3.92. The van der Waals surface area contributed by atoms with Gasteiger partial charge < -0.3 is 15.0 Å². The average Bonchev–Trinajstić information content (AvgIpc) is 2.99. The molecule has 0 saturated carbocycles. The molecular formula is C24H29N3O2. The maximum absolute atomic E-state index is 12.5. The molecule has 1 aromatic carbocycles. The Bertz CT molecular complexity index is 1010. The molecule has 0 aliphatic carbocycles. The van der Waals surface area contributed by atoms with Crippen LogP contribution in [0.5, 0.6) is 5.75 Å². The van der Waals surface area contributed by atoms with E-state index in [1.165, 1.54) is 0 Å². The third-order valence-electron chi connectivity index (χ3n) is 5.37. The first-order valence-corrected chi connectivity index (χ1v) is 10.0. The summed E-state index contributed by atoms with van der Waals surface area (Å²) in [5.74, 6) is 0.428. The molecule has 0 aliphatic rings. The summed E-state index contributed by atoms with van der Waals surface area (Å²) >= 11 is 0. The van der Waals surface area contributed by atoms with E-state index in [4.69, 9.17) is 10.5 Å². The SMILES string of the molecule is CCCCc1c(-c2ccc(OC)c(C)c2)c(C(N)=O)c(C)n1Cc1ccccn1. The van der Waals surface area contributed by atoms with Crippen LogP contribution in [0.1, 0.15) is 52.8 Å². The van der Waals surface area contributed by atoms with Gasteiger partial charge in [-0.2, -0.15) is 0 Å². The topological polar surface area (TPSA) is 70.1 Å². The van der Waals surface area contributed by atoms with Gasteiger partial charge in [-0.15, -0.1) is 0 Å². The van der Waals surface area contributed by atoms with E-state index in [2.05, 4.69) is 22.5 Å². The zero-order chi connectivity index (χ0) is 21.0. The number of ether oxygens (including phenoxy) is 1. The van der Waals surface area contributed by atoms with E-state index >= 15 is 0 Å². The maximum Gasteiger partial charge on any atom is 0.251 e. The Hall–Kier alpha value is -3.08. The van der Waals surface area contributed by atoms with Crippen LogP contribution in [0.25, 0.3) is 11.1 Å². The first-order valence-electron chi connectivity index (χ1n) is 10.0. The van der Waals surface area contributed by atoms with Crippen LogP contribution in [0.2, 0.25) is 0 Å². The van der Waals surface area contributed by atoms with Crippen LogP contribution in [-0.2, 0) is 13.0 Å². The fourth-order valence-electron chi connectivity index (χ4n) is 3.92. The van der Waals surface area contributed by atoms with Gasteiger partial charge in [0.15, 0.2) is 0 Å². The molecule has 0 bridgehead atoms. The van der Waals surface area contributed by atoms with Crippen molar-refractivity contribution in [3.8, 4) is 16.9 Å². The molecule has 3 rings (SSSR count). The number of nitrogens with zero attached hydrogens (tertiary/aromatic N) is 2. The van der Waals surface area contributed by atoms with E-state index in [1.807, 2.05) is 44.2 Å². The Morgan fingerprint density at radius 2 is 2.00 bits per heavy atom. The Morgan fingerprint density at radius 3 is 2.59 bits per heavy atom. The number of rotatable bonds is 8. The maximum atomic E-state index is 12.5. The number of carbonyl (C=O) groups excluding carboxylic acids is 1. The van der Waals surface area contributed by atoms with E-state index in [0.29, 0.717) is 12.1 Å². The third kappa shape index (κ3) is 4.19. The van der Waals surface area contributed by atoms with Crippen molar-refractivity contribution in [3.05, 3.63) is 70.8 Å². The predicted octanol–water partition coefficient (Wildman–Crippen LogP) is 4.67. The lowest BCUT2D eigenvalue weighted by molar-refractivity contribution is 0.1000. The van der Waals surface area contributed by atoms with Gasteiger partial charge in [0.25, 0.3) is 5.91 Å². The molecule has 29 heavy (non-hydrogen) atoms.